The third-order valence-corrected chi connectivity index (χ3v) is 4.62. The Morgan fingerprint density at radius 2 is 2.08 bits per heavy atom. The summed E-state index contributed by atoms with van der Waals surface area (Å²) in [7, 11) is -2.05. The fourth-order valence-corrected chi connectivity index (χ4v) is 3.25. The molecule has 1 aliphatic heterocycles. The Bertz CT molecular complexity index is 1000. The van der Waals surface area contributed by atoms with Crippen LogP contribution in [0.2, 0.25) is 0 Å². The summed E-state index contributed by atoms with van der Waals surface area (Å²) in [6.07, 6.45) is 2.56. The van der Waals surface area contributed by atoms with Crippen LogP contribution in [0.4, 0.5) is 5.69 Å². The lowest BCUT2D eigenvalue weighted by atomic mass is 10.0. The van der Waals surface area contributed by atoms with E-state index in [0.717, 1.165) is 17.4 Å². The van der Waals surface area contributed by atoms with Crippen LogP contribution in [-0.2, 0) is 21.2 Å². The Kier molecular flexibility index (Phi) is 4.64. The van der Waals surface area contributed by atoms with Crippen LogP contribution in [0.25, 0.3) is 11.1 Å². The van der Waals surface area contributed by atoms with Crippen molar-refractivity contribution in [3.63, 3.8) is 0 Å². The van der Waals surface area contributed by atoms with Gasteiger partial charge in [0.1, 0.15) is 11.4 Å². The van der Waals surface area contributed by atoms with Gasteiger partial charge in [0.2, 0.25) is 11.8 Å². The number of hydrogen-bond donors (Lipinski definition) is 2. The van der Waals surface area contributed by atoms with E-state index in [0.29, 0.717) is 17.7 Å². The highest BCUT2D eigenvalue weighted by molar-refractivity contribution is 7.91. The van der Waals surface area contributed by atoms with Gasteiger partial charge in [0.15, 0.2) is 9.84 Å². The summed E-state index contributed by atoms with van der Waals surface area (Å²) in [5.74, 6) is -1.23. The number of benzene rings is 1. The second-order valence-corrected chi connectivity index (χ2v) is 8.09. The van der Waals surface area contributed by atoms with Gasteiger partial charge in [-0.3, -0.25) is 9.59 Å². The molecular formula is C17H17N3O5S. The maximum Gasteiger partial charge on any atom is 0.251 e. The maximum absolute atomic E-state index is 11.9. The number of nitrogens with one attached hydrogen (secondary N) is 2. The summed E-state index contributed by atoms with van der Waals surface area (Å²) in [5, 5.41) is 5.27. The van der Waals surface area contributed by atoms with E-state index < -0.39 is 21.5 Å². The van der Waals surface area contributed by atoms with Crippen LogP contribution in [-0.4, -0.2) is 44.3 Å². The summed E-state index contributed by atoms with van der Waals surface area (Å²) >= 11 is 0. The SMILES string of the molecule is COc1ncc(-c2ccc3c(c2)CNC3=O)cc1NC(=O)CS(C)(=O)=O. The Labute approximate surface area is 150 Å². The summed E-state index contributed by atoms with van der Waals surface area (Å²) < 4.78 is 27.7. The summed E-state index contributed by atoms with van der Waals surface area (Å²) in [5.41, 5.74) is 3.30. The molecule has 1 aliphatic rings. The molecule has 0 saturated carbocycles. The van der Waals surface area contributed by atoms with Crippen LogP contribution in [0.5, 0.6) is 5.88 Å². The van der Waals surface area contributed by atoms with E-state index in [2.05, 4.69) is 15.6 Å². The molecule has 0 fully saturated rings. The van der Waals surface area contributed by atoms with Gasteiger partial charge in [-0.05, 0) is 29.3 Å². The molecule has 0 saturated heterocycles. The zero-order chi connectivity index (χ0) is 18.9. The quantitative estimate of drug-likeness (QED) is 0.805. The van der Waals surface area contributed by atoms with Crippen molar-refractivity contribution in [2.24, 2.45) is 0 Å². The van der Waals surface area contributed by atoms with Crippen molar-refractivity contribution in [1.29, 1.82) is 0 Å². The van der Waals surface area contributed by atoms with Crippen LogP contribution < -0.4 is 15.4 Å². The second kappa shape index (κ2) is 6.75. The van der Waals surface area contributed by atoms with E-state index in [1.165, 1.54) is 7.11 Å². The topological polar surface area (TPSA) is 114 Å². The Morgan fingerprint density at radius 3 is 2.77 bits per heavy atom. The molecule has 2 heterocycles. The van der Waals surface area contributed by atoms with Gasteiger partial charge < -0.3 is 15.4 Å². The van der Waals surface area contributed by atoms with Crippen molar-refractivity contribution in [1.82, 2.24) is 10.3 Å². The van der Waals surface area contributed by atoms with Crippen molar-refractivity contribution >= 4 is 27.3 Å². The molecule has 2 amide bonds. The standard InChI is InChI=1S/C17H17N3O5S/c1-25-17-14(20-15(21)9-26(2,23)24)6-11(7-19-17)10-3-4-13-12(5-10)8-18-16(13)22/h3-7H,8-9H2,1-2H3,(H,18,22)(H,20,21). The number of rotatable bonds is 5. The van der Waals surface area contributed by atoms with Crippen LogP contribution >= 0.6 is 0 Å². The number of aromatic nitrogens is 1. The first-order chi connectivity index (χ1) is 12.3. The molecule has 9 heteroatoms. The molecule has 136 valence electrons. The summed E-state index contributed by atoms with van der Waals surface area (Å²) in [6, 6.07) is 7.05. The first kappa shape index (κ1) is 17.9. The molecule has 1 aromatic heterocycles. The molecule has 2 N–H and O–H groups in total. The number of fused-ring (bicyclic) bond motifs is 1. The molecule has 0 unspecified atom stereocenters. The number of carbonyl (C=O) groups excluding carboxylic acids is 2. The third-order valence-electron chi connectivity index (χ3n) is 3.83. The smallest absolute Gasteiger partial charge is 0.251 e. The predicted molar refractivity (Wildman–Crippen MR) is 95.7 cm³/mol. The van der Waals surface area contributed by atoms with E-state index in [1.807, 2.05) is 6.07 Å². The second-order valence-electron chi connectivity index (χ2n) is 5.95. The molecule has 2 aromatic rings. The van der Waals surface area contributed by atoms with Gasteiger partial charge in [-0.2, -0.15) is 0 Å². The van der Waals surface area contributed by atoms with Crippen molar-refractivity contribution in [3.05, 3.63) is 41.6 Å². The Morgan fingerprint density at radius 1 is 1.31 bits per heavy atom. The van der Waals surface area contributed by atoms with Gasteiger partial charge in [-0.15, -0.1) is 0 Å². The first-order valence-electron chi connectivity index (χ1n) is 7.70. The van der Waals surface area contributed by atoms with E-state index in [1.54, 1.807) is 24.4 Å². The molecule has 26 heavy (non-hydrogen) atoms. The first-order valence-corrected chi connectivity index (χ1v) is 9.76. The van der Waals surface area contributed by atoms with Gasteiger partial charge in [-0.1, -0.05) is 6.07 Å². The maximum atomic E-state index is 11.9. The summed E-state index contributed by atoms with van der Waals surface area (Å²) in [6.45, 7) is 0.462. The van der Waals surface area contributed by atoms with E-state index >= 15 is 0 Å². The zero-order valence-corrected chi connectivity index (χ0v) is 15.0. The average Bonchev–Trinajstić information content (AvgIpc) is 2.93. The average molecular weight is 375 g/mol. The third kappa shape index (κ3) is 3.83. The number of anilines is 1. The lowest BCUT2D eigenvalue weighted by Crippen LogP contribution is -2.22. The summed E-state index contributed by atoms with van der Waals surface area (Å²) in [4.78, 5) is 27.7. The van der Waals surface area contributed by atoms with Crippen molar-refractivity contribution < 1.29 is 22.7 Å². The lowest BCUT2D eigenvalue weighted by Gasteiger charge is -2.11. The van der Waals surface area contributed by atoms with Gasteiger partial charge in [0.05, 0.1) is 7.11 Å². The molecule has 0 radical (unpaired) electrons. The normalized spacial score (nSPS) is 13.1. The van der Waals surface area contributed by atoms with Gasteiger partial charge in [0.25, 0.3) is 5.91 Å². The number of sulfone groups is 1. The number of ether oxygens (including phenoxy) is 1. The molecule has 0 atom stereocenters. The number of nitrogens with zero attached hydrogens (tertiary/aromatic N) is 1. The minimum atomic E-state index is -3.45. The largest absolute Gasteiger partial charge is 0.480 e. The Hall–Kier alpha value is -2.94. The minimum absolute atomic E-state index is 0.104. The molecule has 8 nitrogen and oxygen atoms in total. The molecular weight excluding hydrogens is 358 g/mol. The number of methoxy groups -OCH3 is 1. The number of pyridine rings is 1. The number of hydrogen-bond acceptors (Lipinski definition) is 6. The molecule has 0 aliphatic carbocycles. The zero-order valence-electron chi connectivity index (χ0n) is 14.2. The highest BCUT2D eigenvalue weighted by Crippen LogP contribution is 2.30. The molecule has 0 spiro atoms. The van der Waals surface area contributed by atoms with Crippen LogP contribution in [0.3, 0.4) is 0 Å². The van der Waals surface area contributed by atoms with Crippen molar-refractivity contribution in [2.75, 3.05) is 24.4 Å². The number of carbonyl (C=O) groups is 2. The van der Waals surface area contributed by atoms with E-state index in [-0.39, 0.29) is 17.5 Å². The van der Waals surface area contributed by atoms with Gasteiger partial charge in [0, 0.05) is 30.1 Å². The minimum Gasteiger partial charge on any atom is -0.480 e. The molecule has 3 rings (SSSR count). The van der Waals surface area contributed by atoms with Crippen LogP contribution in [0, 0.1) is 0 Å². The lowest BCUT2D eigenvalue weighted by molar-refractivity contribution is -0.113. The fraction of sp³-hybridized carbons (Fsp3) is 0.235. The van der Waals surface area contributed by atoms with Crippen molar-refractivity contribution in [2.45, 2.75) is 6.54 Å². The van der Waals surface area contributed by atoms with Crippen LogP contribution in [0.15, 0.2) is 30.5 Å². The molecule has 0 bridgehead atoms. The highest BCUT2D eigenvalue weighted by atomic mass is 32.2. The number of amides is 2. The Balaban J connectivity index is 1.92. The van der Waals surface area contributed by atoms with Crippen molar-refractivity contribution in [3.8, 4) is 17.0 Å². The molecule has 1 aromatic carbocycles. The van der Waals surface area contributed by atoms with Crippen LogP contribution in [0.1, 0.15) is 15.9 Å². The highest BCUT2D eigenvalue weighted by Gasteiger charge is 2.20. The van der Waals surface area contributed by atoms with Gasteiger partial charge >= 0.3 is 0 Å². The predicted octanol–water partition coefficient (Wildman–Crippen LogP) is 0.984. The fourth-order valence-electron chi connectivity index (χ4n) is 2.70. The van der Waals surface area contributed by atoms with E-state index in [4.69, 9.17) is 4.74 Å². The monoisotopic (exact) mass is 375 g/mol. The van der Waals surface area contributed by atoms with Gasteiger partial charge in [-0.25, -0.2) is 13.4 Å². The van der Waals surface area contributed by atoms with E-state index in [9.17, 15) is 18.0 Å².